The average molecular weight is 455 g/mol. The van der Waals surface area contributed by atoms with Gasteiger partial charge in [0.2, 0.25) is 0 Å². The maximum atomic E-state index is 12.6. The number of nitrogens with one attached hydrogen (secondary N) is 2. The summed E-state index contributed by atoms with van der Waals surface area (Å²) in [6, 6.07) is 14.5. The van der Waals surface area contributed by atoms with Gasteiger partial charge in [-0.3, -0.25) is 20.0 Å². The van der Waals surface area contributed by atoms with E-state index in [1.165, 1.54) is 29.5 Å². The number of nitro benzene ring substituents is 1. The summed E-state index contributed by atoms with van der Waals surface area (Å²) >= 11 is 7.47. The average Bonchev–Trinajstić information content (AvgIpc) is 3.41. The molecule has 0 aliphatic carbocycles. The number of benzene rings is 2. The highest BCUT2D eigenvalue weighted by molar-refractivity contribution is 7.13. The molecule has 0 fully saturated rings. The van der Waals surface area contributed by atoms with Gasteiger partial charge in [0.15, 0.2) is 5.69 Å². The molecular formula is C21H15ClN4O4S. The van der Waals surface area contributed by atoms with Crippen LogP contribution in [-0.2, 0) is 0 Å². The Morgan fingerprint density at radius 1 is 1.23 bits per heavy atom. The Bertz CT molecular complexity index is 1270. The Balaban J connectivity index is 1.59. The van der Waals surface area contributed by atoms with E-state index in [-0.39, 0.29) is 22.8 Å². The van der Waals surface area contributed by atoms with Gasteiger partial charge in [0, 0.05) is 17.2 Å². The van der Waals surface area contributed by atoms with Crippen molar-refractivity contribution in [1.29, 1.82) is 0 Å². The molecule has 2 heterocycles. The summed E-state index contributed by atoms with van der Waals surface area (Å²) in [7, 11) is 0. The molecule has 8 nitrogen and oxygen atoms in total. The third-order valence-corrected chi connectivity index (χ3v) is 5.46. The Hall–Kier alpha value is -3.69. The first-order valence-electron chi connectivity index (χ1n) is 9.03. The van der Waals surface area contributed by atoms with Crippen LogP contribution in [0.15, 0.2) is 60.0 Å². The van der Waals surface area contributed by atoms with E-state index < -0.39 is 10.8 Å². The molecule has 2 aromatic carbocycles. The van der Waals surface area contributed by atoms with Crippen molar-refractivity contribution in [3.8, 4) is 22.1 Å². The van der Waals surface area contributed by atoms with Gasteiger partial charge in [-0.25, -0.2) is 0 Å². The highest BCUT2D eigenvalue weighted by Gasteiger charge is 2.16. The van der Waals surface area contributed by atoms with E-state index in [9.17, 15) is 14.9 Å². The van der Waals surface area contributed by atoms with Crippen molar-refractivity contribution in [2.24, 2.45) is 0 Å². The fourth-order valence-electron chi connectivity index (χ4n) is 2.87. The maximum Gasteiger partial charge on any atom is 0.276 e. The molecule has 1 amide bonds. The lowest BCUT2D eigenvalue weighted by Gasteiger charge is -2.11. The zero-order valence-electron chi connectivity index (χ0n) is 16.1. The number of aromatic amines is 1. The van der Waals surface area contributed by atoms with Crippen molar-refractivity contribution < 1.29 is 14.5 Å². The lowest BCUT2D eigenvalue weighted by atomic mass is 10.2. The number of carbonyl (C=O) groups excluding carboxylic acids is 1. The molecule has 0 saturated heterocycles. The van der Waals surface area contributed by atoms with Crippen LogP contribution >= 0.6 is 22.9 Å². The van der Waals surface area contributed by atoms with Crippen molar-refractivity contribution in [2.75, 3.05) is 5.32 Å². The first kappa shape index (κ1) is 20.6. The van der Waals surface area contributed by atoms with Crippen molar-refractivity contribution >= 4 is 40.2 Å². The Morgan fingerprint density at radius 3 is 2.77 bits per heavy atom. The van der Waals surface area contributed by atoms with Gasteiger partial charge in [-0.05, 0) is 48.2 Å². The third kappa shape index (κ3) is 4.73. The minimum Gasteiger partial charge on any atom is -0.457 e. The minimum atomic E-state index is -0.555. The standard InChI is InChI=1S/C21H15ClN4O4S/c1-12-7-13(22)4-5-19(12)30-16-9-14(8-15(10-16)26(28)29)23-21(27)18-11-17(24-25-18)20-3-2-6-31-20/h2-11H,1H3,(H,23,27)(H,24,25). The van der Waals surface area contributed by atoms with Crippen LogP contribution in [0.4, 0.5) is 11.4 Å². The van der Waals surface area contributed by atoms with E-state index in [2.05, 4.69) is 15.5 Å². The zero-order valence-corrected chi connectivity index (χ0v) is 17.7. The summed E-state index contributed by atoms with van der Waals surface area (Å²) in [4.78, 5) is 24.4. The number of hydrogen-bond donors (Lipinski definition) is 2. The summed E-state index contributed by atoms with van der Waals surface area (Å²) in [5.74, 6) is 0.194. The Labute approximate surface area is 185 Å². The van der Waals surface area contributed by atoms with Crippen molar-refractivity contribution in [3.63, 3.8) is 0 Å². The van der Waals surface area contributed by atoms with Crippen molar-refractivity contribution in [2.45, 2.75) is 6.92 Å². The van der Waals surface area contributed by atoms with Crippen molar-refractivity contribution in [3.05, 3.63) is 86.4 Å². The van der Waals surface area contributed by atoms with Crippen LogP contribution < -0.4 is 10.1 Å². The number of anilines is 1. The van der Waals surface area contributed by atoms with Crippen LogP contribution in [0.5, 0.6) is 11.5 Å². The summed E-state index contributed by atoms with van der Waals surface area (Å²) in [6.45, 7) is 1.81. The van der Waals surface area contributed by atoms with E-state index in [0.717, 1.165) is 10.4 Å². The third-order valence-electron chi connectivity index (χ3n) is 4.32. The normalized spacial score (nSPS) is 10.6. The topological polar surface area (TPSA) is 110 Å². The molecule has 4 rings (SSSR count). The van der Waals surface area contributed by atoms with Gasteiger partial charge in [-0.2, -0.15) is 5.10 Å². The van der Waals surface area contributed by atoms with Crippen LogP contribution in [0.3, 0.4) is 0 Å². The molecule has 0 aliphatic rings. The molecule has 0 radical (unpaired) electrons. The smallest absolute Gasteiger partial charge is 0.276 e. The van der Waals surface area contributed by atoms with Gasteiger partial charge >= 0.3 is 0 Å². The molecule has 0 atom stereocenters. The number of aromatic nitrogens is 2. The van der Waals surface area contributed by atoms with Gasteiger partial charge < -0.3 is 10.1 Å². The molecule has 156 valence electrons. The first-order valence-corrected chi connectivity index (χ1v) is 10.3. The van der Waals surface area contributed by atoms with Gasteiger partial charge in [0.05, 0.1) is 27.2 Å². The number of H-pyrrole nitrogens is 1. The molecule has 0 aliphatic heterocycles. The number of hydrogen-bond acceptors (Lipinski definition) is 6. The van der Waals surface area contributed by atoms with E-state index in [1.807, 2.05) is 24.4 Å². The molecule has 31 heavy (non-hydrogen) atoms. The monoisotopic (exact) mass is 454 g/mol. The zero-order chi connectivity index (χ0) is 22.0. The number of aryl methyl sites for hydroxylation is 1. The summed E-state index contributed by atoms with van der Waals surface area (Å²) < 4.78 is 5.80. The van der Waals surface area contributed by atoms with Crippen LogP contribution in [0.2, 0.25) is 5.02 Å². The lowest BCUT2D eigenvalue weighted by Crippen LogP contribution is -2.12. The molecule has 2 aromatic heterocycles. The number of amides is 1. The predicted molar refractivity (Wildman–Crippen MR) is 119 cm³/mol. The van der Waals surface area contributed by atoms with Gasteiger partial charge in [0.25, 0.3) is 11.6 Å². The molecule has 0 bridgehead atoms. The van der Waals surface area contributed by atoms with Crippen LogP contribution in [0.25, 0.3) is 10.6 Å². The lowest BCUT2D eigenvalue weighted by molar-refractivity contribution is -0.384. The molecule has 0 spiro atoms. The van der Waals surface area contributed by atoms with Crippen LogP contribution in [0, 0.1) is 17.0 Å². The van der Waals surface area contributed by atoms with Gasteiger partial charge in [-0.15, -0.1) is 11.3 Å². The Kier molecular flexibility index (Phi) is 5.70. The number of thiophene rings is 1. The summed E-state index contributed by atoms with van der Waals surface area (Å²) in [5, 5.41) is 23.3. The molecule has 4 aromatic rings. The largest absolute Gasteiger partial charge is 0.457 e. The van der Waals surface area contributed by atoms with Gasteiger partial charge in [-0.1, -0.05) is 17.7 Å². The fraction of sp³-hybridized carbons (Fsp3) is 0.0476. The summed E-state index contributed by atoms with van der Waals surface area (Å²) in [5.41, 5.74) is 1.62. The van der Waals surface area contributed by atoms with Crippen LogP contribution in [-0.4, -0.2) is 21.0 Å². The first-order chi connectivity index (χ1) is 14.9. The van der Waals surface area contributed by atoms with E-state index in [0.29, 0.717) is 16.5 Å². The number of halogens is 1. The number of nitrogens with zero attached hydrogens (tertiary/aromatic N) is 2. The quantitative estimate of drug-likeness (QED) is 0.272. The molecule has 0 saturated carbocycles. The number of nitro groups is 1. The maximum absolute atomic E-state index is 12.6. The van der Waals surface area contributed by atoms with Crippen LogP contribution in [0.1, 0.15) is 16.1 Å². The van der Waals surface area contributed by atoms with Crippen molar-refractivity contribution in [1.82, 2.24) is 10.2 Å². The fourth-order valence-corrected chi connectivity index (χ4v) is 3.78. The second-order valence-electron chi connectivity index (χ2n) is 6.58. The Morgan fingerprint density at radius 2 is 2.06 bits per heavy atom. The van der Waals surface area contributed by atoms with E-state index in [4.69, 9.17) is 16.3 Å². The molecule has 0 unspecified atom stereocenters. The second-order valence-corrected chi connectivity index (χ2v) is 7.97. The second kappa shape index (κ2) is 8.58. The highest BCUT2D eigenvalue weighted by atomic mass is 35.5. The predicted octanol–water partition coefficient (Wildman–Crippen LogP) is 6.05. The number of non-ortho nitro benzene ring substituents is 1. The van der Waals surface area contributed by atoms with E-state index in [1.54, 1.807) is 24.3 Å². The molecule has 10 heteroatoms. The number of ether oxygens (including phenoxy) is 1. The molecule has 2 N–H and O–H groups in total. The minimum absolute atomic E-state index is 0.158. The number of rotatable bonds is 6. The van der Waals surface area contributed by atoms with Gasteiger partial charge in [0.1, 0.15) is 11.5 Å². The summed E-state index contributed by atoms with van der Waals surface area (Å²) in [6.07, 6.45) is 0. The van der Waals surface area contributed by atoms with E-state index >= 15 is 0 Å². The molecular weight excluding hydrogens is 440 g/mol. The SMILES string of the molecule is Cc1cc(Cl)ccc1Oc1cc(NC(=O)c2cc(-c3cccs3)[nH]n2)cc([N+](=O)[O-])c1. The number of carbonyl (C=O) groups is 1. The highest BCUT2D eigenvalue weighted by Crippen LogP contribution is 2.32.